The highest BCUT2D eigenvalue weighted by atomic mass is 32.2. The Morgan fingerprint density at radius 2 is 2.11 bits per heavy atom. The highest BCUT2D eigenvalue weighted by molar-refractivity contribution is 7.90. The summed E-state index contributed by atoms with van der Waals surface area (Å²) in [4.78, 5) is 0. The average molecular weight is 273 g/mol. The molecule has 1 heterocycles. The minimum Gasteiger partial charge on any atom is -0.493 e. The van der Waals surface area contributed by atoms with E-state index in [4.69, 9.17) is 9.88 Å². The number of halogens is 1. The summed E-state index contributed by atoms with van der Waals surface area (Å²) < 4.78 is 40.8. The van der Waals surface area contributed by atoms with Crippen molar-refractivity contribution in [1.29, 1.82) is 0 Å². The predicted molar refractivity (Wildman–Crippen MR) is 66.4 cm³/mol. The van der Waals surface area contributed by atoms with Crippen molar-refractivity contribution in [3.05, 3.63) is 29.6 Å². The number of hydrogen-bond acceptors (Lipinski definition) is 3. The van der Waals surface area contributed by atoms with Crippen LogP contribution in [0, 0.1) is 5.82 Å². The van der Waals surface area contributed by atoms with Gasteiger partial charge in [-0.2, -0.15) is 0 Å². The molecule has 100 valence electrons. The number of hydrogen-bond donors (Lipinski definition) is 1. The summed E-state index contributed by atoms with van der Waals surface area (Å²) in [6, 6.07) is 4.15. The van der Waals surface area contributed by atoms with Crippen molar-refractivity contribution in [3.63, 3.8) is 0 Å². The molecule has 2 rings (SSSR count). The Bertz CT molecular complexity index is 569. The van der Waals surface area contributed by atoms with Gasteiger partial charge >= 0.3 is 0 Å². The van der Waals surface area contributed by atoms with Gasteiger partial charge in [-0.25, -0.2) is 17.9 Å². The van der Waals surface area contributed by atoms with Gasteiger partial charge < -0.3 is 4.74 Å². The molecule has 0 aromatic heterocycles. The van der Waals surface area contributed by atoms with Gasteiger partial charge in [-0.05, 0) is 31.9 Å². The van der Waals surface area contributed by atoms with Crippen molar-refractivity contribution in [2.45, 2.75) is 30.9 Å². The summed E-state index contributed by atoms with van der Waals surface area (Å²) in [5.41, 5.74) is 0.696. The maximum Gasteiger partial charge on any atom is 0.214 e. The van der Waals surface area contributed by atoms with E-state index < -0.39 is 20.6 Å². The highest BCUT2D eigenvalue weighted by Gasteiger charge is 2.43. The van der Waals surface area contributed by atoms with Gasteiger partial charge in [0.05, 0.1) is 11.4 Å². The van der Waals surface area contributed by atoms with Crippen LogP contribution in [0.2, 0.25) is 0 Å². The smallest absolute Gasteiger partial charge is 0.214 e. The molecule has 0 saturated carbocycles. The van der Waals surface area contributed by atoms with Crippen molar-refractivity contribution in [2.24, 2.45) is 5.14 Å². The minimum atomic E-state index is -3.70. The Morgan fingerprint density at radius 3 is 2.72 bits per heavy atom. The second kappa shape index (κ2) is 4.20. The van der Waals surface area contributed by atoms with E-state index in [0.29, 0.717) is 24.3 Å². The van der Waals surface area contributed by atoms with E-state index in [0.717, 1.165) is 0 Å². The fraction of sp³-hybridized carbons (Fsp3) is 0.500. The van der Waals surface area contributed by atoms with Crippen LogP contribution in [-0.4, -0.2) is 19.8 Å². The first-order valence-corrected chi connectivity index (χ1v) is 7.22. The molecule has 0 unspecified atom stereocenters. The van der Waals surface area contributed by atoms with E-state index in [9.17, 15) is 12.8 Å². The second-order valence-electron chi connectivity index (χ2n) is 5.02. The van der Waals surface area contributed by atoms with Crippen LogP contribution in [-0.2, 0) is 10.0 Å². The van der Waals surface area contributed by atoms with E-state index >= 15 is 0 Å². The summed E-state index contributed by atoms with van der Waals surface area (Å²) in [6.45, 7) is 3.54. The standard InChI is InChI=1S/C12H16FNO3S/c1-12(2,18(14,15)16)10-5-6-17-11-7-8(13)3-4-9(10)11/h3-4,7,10H,5-6H2,1-2H3,(H2,14,15,16)/t10-/m1/s1. The van der Waals surface area contributed by atoms with Crippen LogP contribution < -0.4 is 9.88 Å². The fourth-order valence-electron chi connectivity index (χ4n) is 2.28. The van der Waals surface area contributed by atoms with Gasteiger partial charge in [0.15, 0.2) is 0 Å². The number of ether oxygens (including phenoxy) is 1. The molecule has 6 heteroatoms. The normalized spacial score (nSPS) is 20.1. The molecular weight excluding hydrogens is 257 g/mol. The molecule has 0 spiro atoms. The molecule has 0 bridgehead atoms. The molecule has 2 N–H and O–H groups in total. The average Bonchev–Trinajstić information content (AvgIpc) is 2.26. The van der Waals surface area contributed by atoms with Gasteiger partial charge in [0.25, 0.3) is 0 Å². The lowest BCUT2D eigenvalue weighted by molar-refractivity contribution is 0.250. The monoisotopic (exact) mass is 273 g/mol. The number of nitrogens with two attached hydrogens (primary N) is 1. The van der Waals surface area contributed by atoms with Crippen molar-refractivity contribution in [3.8, 4) is 5.75 Å². The zero-order chi connectivity index (χ0) is 13.6. The Hall–Kier alpha value is -1.14. The third kappa shape index (κ3) is 2.10. The van der Waals surface area contributed by atoms with Crippen LogP contribution >= 0.6 is 0 Å². The van der Waals surface area contributed by atoms with Crippen molar-refractivity contribution >= 4 is 10.0 Å². The third-order valence-corrected chi connectivity index (χ3v) is 5.34. The Kier molecular flexibility index (Phi) is 3.11. The Morgan fingerprint density at radius 1 is 1.44 bits per heavy atom. The minimum absolute atomic E-state index is 0.295. The Balaban J connectivity index is 2.52. The number of primary sulfonamides is 1. The van der Waals surface area contributed by atoms with E-state index in [-0.39, 0.29) is 5.92 Å². The molecule has 18 heavy (non-hydrogen) atoms. The molecule has 0 aliphatic carbocycles. The summed E-state index contributed by atoms with van der Waals surface area (Å²) in [7, 11) is -3.70. The summed E-state index contributed by atoms with van der Waals surface area (Å²) in [6.07, 6.45) is 0.544. The maximum atomic E-state index is 13.1. The van der Waals surface area contributed by atoms with Gasteiger partial charge in [-0.15, -0.1) is 0 Å². The molecule has 4 nitrogen and oxygen atoms in total. The first-order valence-electron chi connectivity index (χ1n) is 5.68. The van der Waals surface area contributed by atoms with Crippen LogP contribution in [0.15, 0.2) is 18.2 Å². The number of benzene rings is 1. The van der Waals surface area contributed by atoms with Gasteiger partial charge in [0.2, 0.25) is 10.0 Å². The molecule has 1 aromatic rings. The van der Waals surface area contributed by atoms with E-state index in [2.05, 4.69) is 0 Å². The molecule has 0 saturated heterocycles. The predicted octanol–water partition coefficient (Wildman–Crippen LogP) is 1.76. The van der Waals surface area contributed by atoms with Crippen molar-refractivity contribution in [1.82, 2.24) is 0 Å². The van der Waals surface area contributed by atoms with Crippen LogP contribution in [0.25, 0.3) is 0 Å². The molecule has 0 fully saturated rings. The lowest BCUT2D eigenvalue weighted by atomic mass is 9.83. The lowest BCUT2D eigenvalue weighted by Gasteiger charge is -2.36. The van der Waals surface area contributed by atoms with Crippen LogP contribution in [0.4, 0.5) is 4.39 Å². The molecule has 0 radical (unpaired) electrons. The third-order valence-electron chi connectivity index (χ3n) is 3.59. The Labute approximate surface area is 106 Å². The van der Waals surface area contributed by atoms with Crippen LogP contribution in [0.3, 0.4) is 0 Å². The molecule has 0 amide bonds. The first kappa shape index (κ1) is 13.3. The molecule has 1 aromatic carbocycles. The van der Waals surface area contributed by atoms with E-state index in [1.54, 1.807) is 19.9 Å². The largest absolute Gasteiger partial charge is 0.493 e. The highest BCUT2D eigenvalue weighted by Crippen LogP contribution is 2.43. The topological polar surface area (TPSA) is 69.4 Å². The van der Waals surface area contributed by atoms with Gasteiger partial charge in [0, 0.05) is 12.0 Å². The van der Waals surface area contributed by atoms with Crippen LogP contribution in [0.1, 0.15) is 31.7 Å². The molecule has 1 aliphatic heterocycles. The maximum absolute atomic E-state index is 13.1. The lowest BCUT2D eigenvalue weighted by Crippen LogP contribution is -2.44. The van der Waals surface area contributed by atoms with Gasteiger partial charge in [0.1, 0.15) is 11.6 Å². The first-order chi connectivity index (χ1) is 8.23. The van der Waals surface area contributed by atoms with Crippen molar-refractivity contribution < 1.29 is 17.5 Å². The zero-order valence-corrected chi connectivity index (χ0v) is 11.1. The fourth-order valence-corrected chi connectivity index (χ4v) is 2.93. The second-order valence-corrected chi connectivity index (χ2v) is 7.16. The number of rotatable bonds is 2. The van der Waals surface area contributed by atoms with Gasteiger partial charge in [-0.3, -0.25) is 0 Å². The number of fused-ring (bicyclic) bond motifs is 1. The zero-order valence-electron chi connectivity index (χ0n) is 10.3. The quantitative estimate of drug-likeness (QED) is 0.892. The van der Waals surface area contributed by atoms with Crippen molar-refractivity contribution in [2.75, 3.05) is 6.61 Å². The molecule has 1 aliphatic rings. The summed E-state index contributed by atoms with van der Waals surface area (Å²) in [5, 5.41) is 5.29. The van der Waals surface area contributed by atoms with E-state index in [1.165, 1.54) is 12.1 Å². The molecule has 1 atom stereocenters. The van der Waals surface area contributed by atoms with Crippen LogP contribution in [0.5, 0.6) is 5.75 Å². The van der Waals surface area contributed by atoms with E-state index in [1.807, 2.05) is 0 Å². The summed E-state index contributed by atoms with van der Waals surface area (Å²) in [5.74, 6) is -0.289. The van der Waals surface area contributed by atoms with Gasteiger partial charge in [-0.1, -0.05) is 6.07 Å². The SMILES string of the molecule is CC(C)([C@@H]1CCOc2cc(F)ccc21)S(N)(=O)=O. The molecular formula is C12H16FNO3S. The summed E-state index contributed by atoms with van der Waals surface area (Å²) >= 11 is 0. The number of sulfonamides is 1.